The minimum absolute atomic E-state index is 0.0177. The molecular weight excluding hydrogens is 314 g/mol. The fourth-order valence-electron chi connectivity index (χ4n) is 6.05. The summed E-state index contributed by atoms with van der Waals surface area (Å²) in [6.45, 7) is 0.114. The maximum atomic E-state index is 12.7. The van der Waals surface area contributed by atoms with Crippen molar-refractivity contribution >= 4 is 16.9 Å². The molecule has 2 aromatic rings. The van der Waals surface area contributed by atoms with Crippen LogP contribution in [0.15, 0.2) is 29.1 Å². The van der Waals surface area contributed by atoms with Gasteiger partial charge in [-0.25, -0.2) is 4.79 Å². The maximum Gasteiger partial charge on any atom is 0.329 e. The summed E-state index contributed by atoms with van der Waals surface area (Å²) in [5.41, 5.74) is 1.58. The Labute approximate surface area is 147 Å². The first kappa shape index (κ1) is 15.2. The van der Waals surface area contributed by atoms with Crippen LogP contribution in [0.5, 0.6) is 0 Å². The first-order chi connectivity index (χ1) is 12.1. The predicted molar refractivity (Wildman–Crippen MR) is 96.2 cm³/mol. The van der Waals surface area contributed by atoms with Gasteiger partial charge in [0.15, 0.2) is 0 Å². The molecule has 25 heavy (non-hydrogen) atoms. The molecule has 1 N–H and O–H groups in total. The van der Waals surface area contributed by atoms with Crippen molar-refractivity contribution in [2.75, 3.05) is 0 Å². The lowest BCUT2D eigenvalue weighted by atomic mass is 9.54. The molecular formula is C20H25N3O2. The number of carbonyl (C=O) groups is 1. The number of aromatic nitrogens is 2. The SMILES string of the molecule is Cn1c(=O)n(CC(=O)NC2C3CC4CC(C3)CC2C4)c2ccccc21. The van der Waals surface area contributed by atoms with Crippen LogP contribution in [0.25, 0.3) is 11.0 Å². The molecule has 0 atom stereocenters. The molecule has 4 saturated carbocycles. The number of imidazole rings is 1. The number of carbonyl (C=O) groups excluding carboxylic acids is 1. The Bertz CT molecular complexity index is 866. The van der Waals surface area contributed by atoms with Crippen molar-refractivity contribution < 1.29 is 4.79 Å². The molecule has 132 valence electrons. The molecule has 0 radical (unpaired) electrons. The van der Waals surface area contributed by atoms with E-state index in [0.29, 0.717) is 17.9 Å². The third-order valence-electron chi connectivity index (χ3n) is 6.91. The van der Waals surface area contributed by atoms with Gasteiger partial charge in [0.2, 0.25) is 5.91 Å². The largest absolute Gasteiger partial charge is 0.351 e. The zero-order valence-electron chi connectivity index (χ0n) is 14.6. The minimum Gasteiger partial charge on any atom is -0.351 e. The average molecular weight is 339 g/mol. The number of rotatable bonds is 3. The highest BCUT2D eigenvalue weighted by atomic mass is 16.2. The fraction of sp³-hybridized carbons (Fsp3) is 0.600. The third-order valence-corrected chi connectivity index (χ3v) is 6.91. The molecule has 0 unspecified atom stereocenters. The van der Waals surface area contributed by atoms with E-state index < -0.39 is 0 Å². The second kappa shape index (κ2) is 5.48. The highest BCUT2D eigenvalue weighted by molar-refractivity contribution is 5.81. The highest BCUT2D eigenvalue weighted by Crippen LogP contribution is 2.53. The Morgan fingerprint density at radius 2 is 1.64 bits per heavy atom. The van der Waals surface area contributed by atoms with E-state index in [-0.39, 0.29) is 18.1 Å². The van der Waals surface area contributed by atoms with Crippen LogP contribution < -0.4 is 11.0 Å². The predicted octanol–water partition coefficient (Wildman–Crippen LogP) is 2.28. The summed E-state index contributed by atoms with van der Waals surface area (Å²) in [5.74, 6) is 3.09. The van der Waals surface area contributed by atoms with E-state index in [0.717, 1.165) is 22.9 Å². The van der Waals surface area contributed by atoms with Crippen molar-refractivity contribution in [2.45, 2.75) is 44.7 Å². The van der Waals surface area contributed by atoms with Gasteiger partial charge < -0.3 is 5.32 Å². The highest BCUT2D eigenvalue weighted by Gasteiger charge is 2.48. The topological polar surface area (TPSA) is 56.0 Å². The molecule has 5 heteroatoms. The van der Waals surface area contributed by atoms with Gasteiger partial charge in [0, 0.05) is 13.1 Å². The molecule has 6 rings (SSSR count). The van der Waals surface area contributed by atoms with Gasteiger partial charge in [-0.3, -0.25) is 13.9 Å². The Balaban J connectivity index is 1.37. The molecule has 4 aliphatic rings. The molecule has 5 nitrogen and oxygen atoms in total. The van der Waals surface area contributed by atoms with E-state index in [2.05, 4.69) is 5.32 Å². The van der Waals surface area contributed by atoms with Gasteiger partial charge in [-0.2, -0.15) is 0 Å². The Hall–Kier alpha value is -2.04. The van der Waals surface area contributed by atoms with Crippen molar-refractivity contribution in [3.05, 3.63) is 34.7 Å². The zero-order chi connectivity index (χ0) is 17.1. The van der Waals surface area contributed by atoms with Gasteiger partial charge in [0.1, 0.15) is 6.54 Å². The van der Waals surface area contributed by atoms with Gasteiger partial charge >= 0.3 is 5.69 Å². The number of benzene rings is 1. The van der Waals surface area contributed by atoms with Gasteiger partial charge in [-0.05, 0) is 67.9 Å². The average Bonchev–Trinajstić information content (AvgIpc) is 2.83. The molecule has 1 aromatic heterocycles. The molecule has 0 spiro atoms. The second-order valence-electron chi connectivity index (χ2n) is 8.44. The summed E-state index contributed by atoms with van der Waals surface area (Å²) in [6, 6.07) is 7.98. The van der Waals surface area contributed by atoms with Gasteiger partial charge in [0.25, 0.3) is 0 Å². The zero-order valence-corrected chi connectivity index (χ0v) is 14.6. The van der Waals surface area contributed by atoms with E-state index in [9.17, 15) is 9.59 Å². The molecule has 0 aliphatic heterocycles. The van der Waals surface area contributed by atoms with Crippen molar-refractivity contribution in [3.8, 4) is 0 Å². The number of aryl methyl sites for hydroxylation is 1. The molecule has 1 heterocycles. The van der Waals surface area contributed by atoms with Crippen molar-refractivity contribution in [1.82, 2.24) is 14.5 Å². The maximum absolute atomic E-state index is 12.7. The summed E-state index contributed by atoms with van der Waals surface area (Å²) in [7, 11) is 1.76. The van der Waals surface area contributed by atoms with Crippen LogP contribution in [0.3, 0.4) is 0 Å². The number of nitrogens with one attached hydrogen (secondary N) is 1. The molecule has 0 saturated heterocycles. The Kier molecular flexibility index (Phi) is 3.34. The quantitative estimate of drug-likeness (QED) is 0.933. The number of nitrogens with zero attached hydrogens (tertiary/aromatic N) is 2. The smallest absolute Gasteiger partial charge is 0.329 e. The van der Waals surface area contributed by atoms with E-state index in [1.165, 1.54) is 32.1 Å². The fourth-order valence-corrected chi connectivity index (χ4v) is 6.05. The molecule has 4 aliphatic carbocycles. The lowest BCUT2D eigenvalue weighted by molar-refractivity contribution is -0.125. The van der Waals surface area contributed by atoms with Crippen molar-refractivity contribution in [3.63, 3.8) is 0 Å². The van der Waals surface area contributed by atoms with Crippen LogP contribution in [-0.2, 0) is 18.4 Å². The lowest BCUT2D eigenvalue weighted by Gasteiger charge is -2.54. The first-order valence-corrected chi connectivity index (χ1v) is 9.53. The summed E-state index contributed by atoms with van der Waals surface area (Å²) in [6.07, 6.45) is 6.55. The van der Waals surface area contributed by atoms with E-state index in [1.54, 1.807) is 16.2 Å². The molecule has 1 amide bonds. The Morgan fingerprint density at radius 1 is 1.04 bits per heavy atom. The molecule has 4 fully saturated rings. The monoisotopic (exact) mass is 339 g/mol. The van der Waals surface area contributed by atoms with Crippen LogP contribution in [0.2, 0.25) is 0 Å². The molecule has 1 aromatic carbocycles. The number of amides is 1. The van der Waals surface area contributed by atoms with Crippen molar-refractivity contribution in [1.29, 1.82) is 0 Å². The van der Waals surface area contributed by atoms with Gasteiger partial charge in [-0.1, -0.05) is 12.1 Å². The van der Waals surface area contributed by atoms with E-state index in [4.69, 9.17) is 0 Å². The van der Waals surface area contributed by atoms with E-state index >= 15 is 0 Å². The summed E-state index contributed by atoms with van der Waals surface area (Å²) >= 11 is 0. The first-order valence-electron chi connectivity index (χ1n) is 9.53. The number of fused-ring (bicyclic) bond motifs is 1. The standard InChI is InChI=1S/C20H25N3O2/c1-22-16-4-2-3-5-17(16)23(20(22)25)11-18(24)21-19-14-7-12-6-13(9-14)10-15(19)8-12/h2-5,12-15,19H,6-11H2,1H3,(H,21,24). The van der Waals surface area contributed by atoms with Crippen LogP contribution in [0.1, 0.15) is 32.1 Å². The summed E-state index contributed by atoms with van der Waals surface area (Å²) in [4.78, 5) is 25.2. The Morgan fingerprint density at radius 3 is 2.28 bits per heavy atom. The van der Waals surface area contributed by atoms with Crippen LogP contribution in [-0.4, -0.2) is 21.1 Å². The minimum atomic E-state index is -0.124. The van der Waals surface area contributed by atoms with Crippen LogP contribution in [0, 0.1) is 23.7 Å². The number of hydrogen-bond acceptors (Lipinski definition) is 2. The van der Waals surface area contributed by atoms with Crippen molar-refractivity contribution in [2.24, 2.45) is 30.7 Å². The lowest BCUT2D eigenvalue weighted by Crippen LogP contribution is -2.56. The van der Waals surface area contributed by atoms with Crippen LogP contribution in [0.4, 0.5) is 0 Å². The van der Waals surface area contributed by atoms with E-state index in [1.807, 2.05) is 24.3 Å². The summed E-state index contributed by atoms with van der Waals surface area (Å²) in [5, 5.41) is 3.30. The molecule has 4 bridgehead atoms. The number of para-hydroxylation sites is 2. The third kappa shape index (κ3) is 2.35. The van der Waals surface area contributed by atoms with Crippen LogP contribution >= 0.6 is 0 Å². The normalized spacial score (nSPS) is 33.1. The summed E-state index contributed by atoms with van der Waals surface area (Å²) < 4.78 is 3.21. The second-order valence-corrected chi connectivity index (χ2v) is 8.44. The number of hydrogen-bond donors (Lipinski definition) is 1. The van der Waals surface area contributed by atoms with Gasteiger partial charge in [0.05, 0.1) is 11.0 Å². The van der Waals surface area contributed by atoms with Gasteiger partial charge in [-0.15, -0.1) is 0 Å².